The first kappa shape index (κ1) is 83.1. The van der Waals surface area contributed by atoms with Crippen molar-refractivity contribution in [1.29, 1.82) is 0 Å². The fraction of sp³-hybridized carbons (Fsp3) is 0.939. The van der Waals surface area contributed by atoms with E-state index in [1.165, 1.54) is 148 Å². The standard InChI is InChI=1S/C66H128O17P2/c1-7-9-11-13-15-17-18-19-20-21-23-32-38-44-50-65(70)82-61(55-77-64(69)49-43-37-31-26-24-28-34-40-46-58(3)4)56-80-84(72,73)78-52-60(67)53-79-85(74,75)81-57-62(54-76-63(68)48-42-36-30-22-16-14-12-10-8-2)83-66(71)51-45-39-33-27-25-29-35-41-47-59(5)6/h58-62,67H,7-57H2,1-6H3,(H,72,73)(H,74,75)/t60-,61-,62-/m1/s1. The number of hydrogen-bond acceptors (Lipinski definition) is 15. The van der Waals surface area contributed by atoms with E-state index in [0.717, 1.165) is 102 Å². The highest BCUT2D eigenvalue weighted by atomic mass is 31.2. The monoisotopic (exact) mass is 1250 g/mol. The normalized spacial score (nSPS) is 14.2. The van der Waals surface area contributed by atoms with E-state index in [9.17, 15) is 43.2 Å². The Morgan fingerprint density at radius 1 is 0.318 bits per heavy atom. The molecule has 2 unspecified atom stereocenters. The predicted molar refractivity (Wildman–Crippen MR) is 340 cm³/mol. The summed E-state index contributed by atoms with van der Waals surface area (Å²) in [5, 5.41) is 10.5. The Morgan fingerprint density at radius 3 is 0.800 bits per heavy atom. The molecule has 0 spiro atoms. The SMILES string of the molecule is CCCCCCCCCCCCCCCCC(=O)O[C@H](COC(=O)CCCCCCCCCCC(C)C)COP(=O)(O)OC[C@@H](O)COP(=O)(O)OC[C@@H](COC(=O)CCCCCCCCCCC)OC(=O)CCCCCCCCCCC(C)C. The van der Waals surface area contributed by atoms with Crippen LogP contribution in [0.3, 0.4) is 0 Å². The van der Waals surface area contributed by atoms with Crippen LogP contribution in [0.15, 0.2) is 0 Å². The molecule has 0 saturated carbocycles. The first-order valence-corrected chi connectivity index (χ1v) is 37.5. The zero-order chi connectivity index (χ0) is 62.9. The molecular formula is C66H128O17P2. The minimum absolute atomic E-state index is 0.104. The molecule has 17 nitrogen and oxygen atoms in total. The van der Waals surface area contributed by atoms with Crippen LogP contribution in [-0.4, -0.2) is 96.7 Å². The number of carbonyl (C=O) groups is 4. The molecule has 0 aromatic carbocycles. The Balaban J connectivity index is 5.24. The van der Waals surface area contributed by atoms with Crippen molar-refractivity contribution in [1.82, 2.24) is 0 Å². The lowest BCUT2D eigenvalue weighted by Gasteiger charge is -2.21. The Kier molecular flexibility index (Phi) is 57.1. The third kappa shape index (κ3) is 60.7. The molecule has 0 bridgehead atoms. The van der Waals surface area contributed by atoms with Gasteiger partial charge < -0.3 is 33.8 Å². The van der Waals surface area contributed by atoms with E-state index < -0.39 is 97.5 Å². The fourth-order valence-electron chi connectivity index (χ4n) is 9.88. The van der Waals surface area contributed by atoms with Crippen LogP contribution in [0.2, 0.25) is 0 Å². The van der Waals surface area contributed by atoms with Crippen LogP contribution in [0.1, 0.15) is 330 Å². The molecule has 5 atom stereocenters. The van der Waals surface area contributed by atoms with Gasteiger partial charge in [-0.1, -0.05) is 279 Å². The lowest BCUT2D eigenvalue weighted by Crippen LogP contribution is -2.30. The summed E-state index contributed by atoms with van der Waals surface area (Å²) in [6.45, 7) is 9.43. The van der Waals surface area contributed by atoms with Crippen LogP contribution in [0.4, 0.5) is 0 Å². The third-order valence-corrected chi connectivity index (χ3v) is 17.1. The van der Waals surface area contributed by atoms with Crippen LogP contribution >= 0.6 is 15.6 Å². The maximum atomic E-state index is 13.0. The molecule has 0 heterocycles. The van der Waals surface area contributed by atoms with Gasteiger partial charge in [0.05, 0.1) is 26.4 Å². The van der Waals surface area contributed by atoms with E-state index >= 15 is 0 Å². The second-order valence-electron chi connectivity index (χ2n) is 24.8. The Hall–Kier alpha value is -1.94. The van der Waals surface area contributed by atoms with Crippen molar-refractivity contribution in [3.05, 3.63) is 0 Å². The van der Waals surface area contributed by atoms with E-state index in [1.54, 1.807) is 0 Å². The van der Waals surface area contributed by atoms with Gasteiger partial charge in [-0.2, -0.15) is 0 Å². The maximum absolute atomic E-state index is 13.0. The Bertz CT molecular complexity index is 1670. The van der Waals surface area contributed by atoms with Gasteiger partial charge in [0, 0.05) is 25.7 Å². The van der Waals surface area contributed by atoms with Crippen LogP contribution in [-0.2, 0) is 65.4 Å². The van der Waals surface area contributed by atoms with Crippen LogP contribution in [0.5, 0.6) is 0 Å². The van der Waals surface area contributed by atoms with Crippen LogP contribution < -0.4 is 0 Å². The van der Waals surface area contributed by atoms with Gasteiger partial charge in [0.25, 0.3) is 0 Å². The molecule has 0 aliphatic rings. The quantitative estimate of drug-likeness (QED) is 0.0222. The van der Waals surface area contributed by atoms with Crippen molar-refractivity contribution >= 4 is 39.5 Å². The lowest BCUT2D eigenvalue weighted by molar-refractivity contribution is -0.161. The van der Waals surface area contributed by atoms with Gasteiger partial charge in [-0.25, -0.2) is 9.13 Å². The van der Waals surface area contributed by atoms with Crippen molar-refractivity contribution in [2.45, 2.75) is 349 Å². The zero-order valence-electron chi connectivity index (χ0n) is 54.9. The van der Waals surface area contributed by atoms with Crippen molar-refractivity contribution < 1.29 is 80.2 Å². The maximum Gasteiger partial charge on any atom is 0.472 e. The van der Waals surface area contributed by atoms with E-state index in [2.05, 4.69) is 41.5 Å². The molecule has 0 radical (unpaired) electrons. The first-order chi connectivity index (χ1) is 40.9. The summed E-state index contributed by atoms with van der Waals surface area (Å²) in [7, 11) is -9.89. The molecule has 504 valence electrons. The number of ether oxygens (including phenoxy) is 4. The van der Waals surface area contributed by atoms with Gasteiger partial charge in [-0.3, -0.25) is 37.3 Å². The number of unbranched alkanes of at least 4 members (excludes halogenated alkanes) is 35. The molecule has 0 aromatic rings. The van der Waals surface area contributed by atoms with Gasteiger partial charge in [0.15, 0.2) is 12.2 Å². The number of phosphoric ester groups is 2. The molecule has 0 amide bonds. The molecule has 0 saturated heterocycles. The highest BCUT2D eigenvalue weighted by Crippen LogP contribution is 2.45. The molecule has 0 aliphatic heterocycles. The summed E-state index contributed by atoms with van der Waals surface area (Å²) >= 11 is 0. The first-order valence-electron chi connectivity index (χ1n) is 34.5. The molecule has 0 rings (SSSR count). The number of carbonyl (C=O) groups excluding carboxylic acids is 4. The number of aliphatic hydroxyl groups excluding tert-OH is 1. The number of hydrogen-bond donors (Lipinski definition) is 3. The molecule has 0 aliphatic carbocycles. The third-order valence-electron chi connectivity index (χ3n) is 15.2. The summed E-state index contributed by atoms with van der Waals surface area (Å²) in [4.78, 5) is 72.3. The summed E-state index contributed by atoms with van der Waals surface area (Å²) in [6, 6.07) is 0. The Labute approximate surface area is 517 Å². The van der Waals surface area contributed by atoms with Crippen molar-refractivity contribution in [2.24, 2.45) is 11.8 Å². The van der Waals surface area contributed by atoms with Crippen molar-refractivity contribution in [3.63, 3.8) is 0 Å². The average molecular weight is 1260 g/mol. The number of aliphatic hydroxyl groups is 1. The van der Waals surface area contributed by atoms with Gasteiger partial charge in [-0.15, -0.1) is 0 Å². The van der Waals surface area contributed by atoms with Crippen molar-refractivity contribution in [3.8, 4) is 0 Å². The smallest absolute Gasteiger partial charge is 0.462 e. The van der Waals surface area contributed by atoms with Crippen LogP contribution in [0.25, 0.3) is 0 Å². The minimum atomic E-state index is -4.95. The zero-order valence-corrected chi connectivity index (χ0v) is 56.7. The fourth-order valence-corrected chi connectivity index (χ4v) is 11.5. The molecule has 85 heavy (non-hydrogen) atoms. The summed E-state index contributed by atoms with van der Waals surface area (Å²) in [6.07, 6.45) is 41.7. The highest BCUT2D eigenvalue weighted by Gasteiger charge is 2.30. The molecule has 0 aromatic heterocycles. The number of esters is 4. The largest absolute Gasteiger partial charge is 0.472 e. The minimum Gasteiger partial charge on any atom is -0.462 e. The Morgan fingerprint density at radius 2 is 0.541 bits per heavy atom. The number of phosphoric acid groups is 2. The summed E-state index contributed by atoms with van der Waals surface area (Å²) < 4.78 is 68.1. The average Bonchev–Trinajstić information content (AvgIpc) is 3.50. The molecular weight excluding hydrogens is 1130 g/mol. The van der Waals surface area contributed by atoms with Gasteiger partial charge in [-0.05, 0) is 37.5 Å². The van der Waals surface area contributed by atoms with Gasteiger partial charge >= 0.3 is 39.5 Å². The predicted octanol–water partition coefficient (Wildman–Crippen LogP) is 18.4. The topological polar surface area (TPSA) is 237 Å². The summed E-state index contributed by atoms with van der Waals surface area (Å²) in [5.41, 5.74) is 0. The van der Waals surface area contributed by atoms with Gasteiger partial charge in [0.2, 0.25) is 0 Å². The second kappa shape index (κ2) is 58.4. The molecule has 19 heteroatoms. The summed E-state index contributed by atoms with van der Waals surface area (Å²) in [5.74, 6) is -0.687. The number of rotatable bonds is 65. The van der Waals surface area contributed by atoms with E-state index in [-0.39, 0.29) is 25.7 Å². The van der Waals surface area contributed by atoms with E-state index in [4.69, 9.17) is 37.0 Å². The van der Waals surface area contributed by atoms with Crippen LogP contribution in [0, 0.1) is 11.8 Å². The molecule has 3 N–H and O–H groups in total. The van der Waals surface area contributed by atoms with Gasteiger partial charge in [0.1, 0.15) is 19.3 Å². The highest BCUT2D eigenvalue weighted by molar-refractivity contribution is 7.47. The second-order valence-corrected chi connectivity index (χ2v) is 27.7. The molecule has 0 fully saturated rings. The van der Waals surface area contributed by atoms with Crippen molar-refractivity contribution in [2.75, 3.05) is 39.6 Å². The van der Waals surface area contributed by atoms with E-state index in [0.29, 0.717) is 25.7 Å². The lowest BCUT2D eigenvalue weighted by atomic mass is 10.0. The van der Waals surface area contributed by atoms with E-state index in [1.807, 2.05) is 0 Å².